The summed E-state index contributed by atoms with van der Waals surface area (Å²) in [7, 11) is 0. The van der Waals surface area contributed by atoms with Crippen molar-refractivity contribution >= 4 is 22.9 Å². The van der Waals surface area contributed by atoms with Gasteiger partial charge in [-0.3, -0.25) is 9.71 Å². The molecule has 0 aliphatic carbocycles. The Bertz CT molecular complexity index is 1140. The van der Waals surface area contributed by atoms with Crippen LogP contribution in [0.15, 0.2) is 96.0 Å². The predicted octanol–water partition coefficient (Wildman–Crippen LogP) is 5.12. The van der Waals surface area contributed by atoms with E-state index in [1.807, 2.05) is 85.1 Å². The molecule has 0 aliphatic heterocycles. The minimum atomic E-state index is -0.776. The Morgan fingerprint density at radius 3 is 2.48 bits per heavy atom. The molecule has 0 saturated heterocycles. The van der Waals surface area contributed by atoms with E-state index in [0.29, 0.717) is 0 Å². The van der Waals surface area contributed by atoms with E-state index in [9.17, 15) is 5.11 Å². The van der Waals surface area contributed by atoms with Crippen LogP contribution in [0.4, 0.5) is 0 Å². The first-order chi connectivity index (χ1) is 14.3. The van der Waals surface area contributed by atoms with Gasteiger partial charge in [0.1, 0.15) is 6.10 Å². The van der Waals surface area contributed by atoms with Crippen molar-refractivity contribution < 1.29 is 5.11 Å². The van der Waals surface area contributed by atoms with Gasteiger partial charge in [-0.05, 0) is 59.5 Å². The number of aliphatic hydroxyl groups excluding tert-OH is 1. The minimum absolute atomic E-state index is 0.749. The van der Waals surface area contributed by atoms with E-state index in [1.165, 1.54) is 10.9 Å². The molecule has 3 aromatic carbocycles. The van der Waals surface area contributed by atoms with Crippen molar-refractivity contribution in [3.63, 3.8) is 0 Å². The lowest BCUT2D eigenvalue weighted by Gasteiger charge is -2.07. The van der Waals surface area contributed by atoms with Crippen molar-refractivity contribution in [3.05, 3.63) is 108 Å². The van der Waals surface area contributed by atoms with Crippen LogP contribution in [0.1, 0.15) is 22.8 Å². The van der Waals surface area contributed by atoms with Crippen LogP contribution in [0.5, 0.6) is 0 Å². The molecule has 1 atom stereocenters. The first kappa shape index (κ1) is 19.2. The summed E-state index contributed by atoms with van der Waals surface area (Å²) in [6.07, 6.45) is 1.07. The largest absolute Gasteiger partial charge is 0.376 e. The van der Waals surface area contributed by atoms with Crippen molar-refractivity contribution in [3.8, 4) is 11.8 Å². The number of aliphatic hydroxyl groups is 1. The number of hydrogen-bond acceptors (Lipinski definition) is 4. The molecule has 1 aromatic heterocycles. The lowest BCUT2D eigenvalue weighted by atomic mass is 10.1. The van der Waals surface area contributed by atoms with Gasteiger partial charge in [0.2, 0.25) is 0 Å². The molecule has 4 aromatic rings. The summed E-state index contributed by atoms with van der Waals surface area (Å²) < 4.78 is 3.41. The van der Waals surface area contributed by atoms with Crippen molar-refractivity contribution in [1.82, 2.24) is 9.71 Å². The molecule has 0 bridgehead atoms. The van der Waals surface area contributed by atoms with Crippen molar-refractivity contribution in [2.24, 2.45) is 0 Å². The average molecular weight is 397 g/mol. The van der Waals surface area contributed by atoms with Crippen molar-refractivity contribution in [2.75, 3.05) is 0 Å². The summed E-state index contributed by atoms with van der Waals surface area (Å²) in [6.45, 7) is 0.749. The zero-order valence-electron chi connectivity index (χ0n) is 15.7. The van der Waals surface area contributed by atoms with Crippen molar-refractivity contribution in [1.29, 1.82) is 0 Å². The minimum Gasteiger partial charge on any atom is -0.376 e. The Morgan fingerprint density at radius 1 is 0.897 bits per heavy atom. The number of benzene rings is 3. The molecule has 0 spiro atoms. The SMILES string of the molecule is OC(C#Cc1ccc(SNCc2ccnc3ccccc23)cc1)c1ccccc1. The fourth-order valence-electron chi connectivity index (χ4n) is 2.98. The Kier molecular flexibility index (Phi) is 6.23. The fourth-order valence-corrected chi connectivity index (χ4v) is 3.65. The number of hydrogen-bond donors (Lipinski definition) is 2. The number of fused-ring (bicyclic) bond motifs is 1. The topological polar surface area (TPSA) is 45.1 Å². The summed E-state index contributed by atoms with van der Waals surface area (Å²) in [5.74, 6) is 5.93. The predicted molar refractivity (Wildman–Crippen MR) is 119 cm³/mol. The smallest absolute Gasteiger partial charge is 0.140 e. The van der Waals surface area contributed by atoms with Gasteiger partial charge in [0.05, 0.1) is 5.52 Å². The number of rotatable bonds is 5. The number of nitrogens with zero attached hydrogens (tertiary/aromatic N) is 1. The molecule has 2 N–H and O–H groups in total. The van der Waals surface area contributed by atoms with Crippen LogP contribution in [-0.4, -0.2) is 10.1 Å². The molecular weight excluding hydrogens is 376 g/mol. The lowest BCUT2D eigenvalue weighted by Crippen LogP contribution is -2.03. The van der Waals surface area contributed by atoms with Gasteiger partial charge in [0.15, 0.2) is 0 Å². The van der Waals surface area contributed by atoms with Crippen LogP contribution in [0.3, 0.4) is 0 Å². The molecule has 0 aliphatic rings. The van der Waals surface area contributed by atoms with Gasteiger partial charge in [0.25, 0.3) is 0 Å². The molecule has 29 heavy (non-hydrogen) atoms. The summed E-state index contributed by atoms with van der Waals surface area (Å²) in [4.78, 5) is 5.51. The van der Waals surface area contributed by atoms with E-state index in [1.54, 1.807) is 11.9 Å². The second-order valence-electron chi connectivity index (χ2n) is 6.52. The standard InChI is InChI=1S/C25H20N2OS/c28-25(20-6-2-1-3-7-20)15-12-19-10-13-22(14-11-19)29-27-18-21-16-17-26-24-9-5-4-8-23(21)24/h1-11,13-14,16-17,25,27-28H,18H2. The maximum atomic E-state index is 10.1. The normalized spacial score (nSPS) is 11.6. The molecule has 3 nitrogen and oxygen atoms in total. The van der Waals surface area contributed by atoms with E-state index in [0.717, 1.165) is 28.1 Å². The highest BCUT2D eigenvalue weighted by Gasteiger charge is 2.03. The third kappa shape index (κ3) is 5.04. The molecule has 4 heteroatoms. The highest BCUT2D eigenvalue weighted by atomic mass is 32.2. The molecule has 1 heterocycles. The van der Waals surface area contributed by atoms with Crippen LogP contribution < -0.4 is 4.72 Å². The van der Waals surface area contributed by atoms with Crippen LogP contribution in [0.25, 0.3) is 10.9 Å². The molecule has 0 amide bonds. The number of aromatic nitrogens is 1. The first-order valence-electron chi connectivity index (χ1n) is 9.36. The van der Waals surface area contributed by atoms with Gasteiger partial charge in [-0.25, -0.2) is 0 Å². The van der Waals surface area contributed by atoms with Crippen LogP contribution in [0.2, 0.25) is 0 Å². The molecule has 0 saturated carbocycles. The van der Waals surface area contributed by atoms with Crippen LogP contribution in [0, 0.1) is 11.8 Å². The third-order valence-corrected chi connectivity index (χ3v) is 5.31. The molecule has 1 unspecified atom stereocenters. The van der Waals surface area contributed by atoms with E-state index >= 15 is 0 Å². The zero-order chi connectivity index (χ0) is 19.9. The zero-order valence-corrected chi connectivity index (χ0v) is 16.6. The number of para-hydroxylation sites is 1. The highest BCUT2D eigenvalue weighted by molar-refractivity contribution is 7.97. The molecular formula is C25H20N2OS. The van der Waals surface area contributed by atoms with Gasteiger partial charge in [-0.15, -0.1) is 0 Å². The summed E-state index contributed by atoms with van der Waals surface area (Å²) in [5.41, 5.74) is 3.92. The van der Waals surface area contributed by atoms with E-state index in [-0.39, 0.29) is 0 Å². The van der Waals surface area contributed by atoms with E-state index < -0.39 is 6.10 Å². The Labute approximate surface area is 175 Å². The average Bonchev–Trinajstić information content (AvgIpc) is 2.79. The van der Waals surface area contributed by atoms with Crippen LogP contribution >= 0.6 is 11.9 Å². The van der Waals surface area contributed by atoms with Gasteiger partial charge in [0, 0.05) is 28.6 Å². The van der Waals surface area contributed by atoms with E-state index in [2.05, 4.69) is 27.6 Å². The quantitative estimate of drug-likeness (QED) is 0.363. The maximum Gasteiger partial charge on any atom is 0.140 e. The monoisotopic (exact) mass is 396 g/mol. The number of nitrogens with one attached hydrogen (secondary N) is 1. The highest BCUT2D eigenvalue weighted by Crippen LogP contribution is 2.19. The second kappa shape index (κ2) is 9.40. The second-order valence-corrected chi connectivity index (χ2v) is 7.48. The van der Waals surface area contributed by atoms with Gasteiger partial charge in [-0.2, -0.15) is 0 Å². The van der Waals surface area contributed by atoms with Gasteiger partial charge in [-0.1, -0.05) is 60.4 Å². The van der Waals surface area contributed by atoms with E-state index in [4.69, 9.17) is 0 Å². The third-order valence-electron chi connectivity index (χ3n) is 4.51. The maximum absolute atomic E-state index is 10.1. The molecule has 4 rings (SSSR count). The fraction of sp³-hybridized carbons (Fsp3) is 0.0800. The lowest BCUT2D eigenvalue weighted by molar-refractivity contribution is 0.238. The van der Waals surface area contributed by atoms with Gasteiger partial charge >= 0.3 is 0 Å². The van der Waals surface area contributed by atoms with Crippen LogP contribution in [-0.2, 0) is 6.54 Å². The number of pyridine rings is 1. The molecule has 142 valence electrons. The summed E-state index contributed by atoms with van der Waals surface area (Å²) in [5, 5.41) is 11.3. The Hall–Kier alpha value is -3.10. The molecule has 0 fully saturated rings. The Balaban J connectivity index is 1.35. The summed E-state index contributed by atoms with van der Waals surface area (Å²) >= 11 is 1.59. The first-order valence-corrected chi connectivity index (χ1v) is 10.2. The van der Waals surface area contributed by atoms with Crippen molar-refractivity contribution in [2.45, 2.75) is 17.5 Å². The molecule has 0 radical (unpaired) electrons. The Morgan fingerprint density at radius 2 is 1.66 bits per heavy atom. The summed E-state index contributed by atoms with van der Waals surface area (Å²) in [6, 6.07) is 27.7. The van der Waals surface area contributed by atoms with Gasteiger partial charge < -0.3 is 5.11 Å².